The SMILES string of the molecule is C[C@H](O)c1nc(Cn2c(Cl)c(-c3ccc(Cl)cc3)n(C[C@H](O)C(F)(F)F)c2=O)n(-c2cc(Cl)cc(Cl)c2)n1. The molecule has 15 heteroatoms. The summed E-state index contributed by atoms with van der Waals surface area (Å²) in [5.41, 5.74) is -0.368. The van der Waals surface area contributed by atoms with Gasteiger partial charge in [0.1, 0.15) is 11.3 Å². The third-order valence-electron chi connectivity index (χ3n) is 5.47. The highest BCUT2D eigenvalue weighted by Gasteiger charge is 2.39. The second-order valence-corrected chi connectivity index (χ2v) is 9.95. The molecule has 2 atom stereocenters. The zero-order chi connectivity index (χ0) is 27.9. The fraction of sp³-hybridized carbons (Fsp3) is 0.261. The smallest absolute Gasteiger partial charge is 0.385 e. The maximum Gasteiger partial charge on any atom is 0.416 e. The van der Waals surface area contributed by atoms with Crippen LogP contribution in [0.4, 0.5) is 13.2 Å². The molecule has 0 saturated heterocycles. The van der Waals surface area contributed by atoms with E-state index >= 15 is 0 Å². The van der Waals surface area contributed by atoms with E-state index in [0.29, 0.717) is 10.7 Å². The zero-order valence-electron chi connectivity index (χ0n) is 19.3. The van der Waals surface area contributed by atoms with Crippen molar-refractivity contribution < 1.29 is 23.4 Å². The molecule has 0 aliphatic rings. The fourth-order valence-electron chi connectivity index (χ4n) is 3.68. The van der Waals surface area contributed by atoms with E-state index in [2.05, 4.69) is 10.1 Å². The Labute approximate surface area is 233 Å². The van der Waals surface area contributed by atoms with Crippen LogP contribution in [0.25, 0.3) is 16.9 Å². The number of hydrogen-bond acceptors (Lipinski definition) is 5. The summed E-state index contributed by atoms with van der Waals surface area (Å²) in [5.74, 6) is 0.101. The highest BCUT2D eigenvalue weighted by Crippen LogP contribution is 2.31. The number of alkyl halides is 3. The van der Waals surface area contributed by atoms with Crippen molar-refractivity contribution in [2.24, 2.45) is 0 Å². The molecular formula is C23H18Cl4F3N5O3. The van der Waals surface area contributed by atoms with E-state index in [9.17, 15) is 28.2 Å². The van der Waals surface area contributed by atoms with Gasteiger partial charge >= 0.3 is 11.9 Å². The third kappa shape index (κ3) is 5.88. The van der Waals surface area contributed by atoms with Crippen molar-refractivity contribution in [3.63, 3.8) is 0 Å². The number of benzene rings is 2. The van der Waals surface area contributed by atoms with Gasteiger partial charge in [0.2, 0.25) is 0 Å². The first-order valence-corrected chi connectivity index (χ1v) is 12.4. The first-order valence-electron chi connectivity index (χ1n) is 10.9. The Morgan fingerprint density at radius 3 is 2.11 bits per heavy atom. The van der Waals surface area contributed by atoms with Gasteiger partial charge in [-0.15, -0.1) is 5.10 Å². The molecule has 202 valence electrons. The molecule has 0 radical (unpaired) electrons. The first kappa shape index (κ1) is 28.5. The van der Waals surface area contributed by atoms with Gasteiger partial charge in [0.25, 0.3) is 0 Å². The van der Waals surface area contributed by atoms with E-state index in [1.807, 2.05) is 0 Å². The first-order chi connectivity index (χ1) is 17.8. The molecule has 8 nitrogen and oxygen atoms in total. The third-order valence-corrected chi connectivity index (χ3v) is 6.54. The van der Waals surface area contributed by atoms with E-state index in [4.69, 9.17) is 46.4 Å². The Bertz CT molecular complexity index is 1510. The van der Waals surface area contributed by atoms with Crippen molar-refractivity contribution >= 4 is 46.4 Å². The van der Waals surface area contributed by atoms with Crippen molar-refractivity contribution in [1.29, 1.82) is 0 Å². The fourth-order valence-corrected chi connectivity index (χ4v) is 4.66. The minimum Gasteiger partial charge on any atom is -0.385 e. The molecule has 2 aromatic carbocycles. The minimum absolute atomic E-state index is 0.00474. The molecule has 0 spiro atoms. The van der Waals surface area contributed by atoms with E-state index < -0.39 is 30.6 Å². The van der Waals surface area contributed by atoms with E-state index in [1.54, 1.807) is 0 Å². The predicted octanol–water partition coefficient (Wildman–Crippen LogP) is 5.54. The largest absolute Gasteiger partial charge is 0.416 e. The molecule has 4 aromatic rings. The standard InChI is InChI=1S/C23H18Cl4F3N5O3/c1-11(36)21-31-18(35(32-21)16-7-14(25)6-15(26)8-16)10-34-20(27)19(12-2-4-13(24)5-3-12)33(22(34)38)9-17(37)23(28,29)30/h2-8,11,17,36-37H,9-10H2,1H3/t11-,17-/m0/s1. The van der Waals surface area contributed by atoms with Gasteiger partial charge in [-0.3, -0.25) is 9.13 Å². The van der Waals surface area contributed by atoms with Crippen molar-refractivity contribution in [3.8, 4) is 16.9 Å². The average molecular weight is 611 g/mol. The van der Waals surface area contributed by atoms with Crippen LogP contribution in [0.5, 0.6) is 0 Å². The van der Waals surface area contributed by atoms with Crippen LogP contribution in [-0.4, -0.2) is 46.4 Å². The van der Waals surface area contributed by atoms with Gasteiger partial charge in [-0.05, 0) is 37.3 Å². The average Bonchev–Trinajstić information content (AvgIpc) is 3.34. The van der Waals surface area contributed by atoms with Crippen LogP contribution in [0, 0.1) is 0 Å². The van der Waals surface area contributed by atoms with Crippen LogP contribution in [0.3, 0.4) is 0 Å². The second-order valence-electron chi connectivity index (χ2n) is 8.28. The number of hydrogen-bond donors (Lipinski definition) is 2. The Kier molecular flexibility index (Phi) is 8.17. The minimum atomic E-state index is -4.98. The molecule has 0 unspecified atom stereocenters. The van der Waals surface area contributed by atoms with Gasteiger partial charge in [-0.25, -0.2) is 14.5 Å². The topological polar surface area (TPSA) is 98.1 Å². The lowest BCUT2D eigenvalue weighted by molar-refractivity contribution is -0.207. The lowest BCUT2D eigenvalue weighted by atomic mass is 10.1. The monoisotopic (exact) mass is 609 g/mol. The maximum absolute atomic E-state index is 13.4. The number of aliphatic hydroxyl groups is 2. The predicted molar refractivity (Wildman–Crippen MR) is 137 cm³/mol. The Morgan fingerprint density at radius 1 is 0.947 bits per heavy atom. The molecule has 0 aliphatic carbocycles. The number of nitrogens with zero attached hydrogens (tertiary/aromatic N) is 5. The lowest BCUT2D eigenvalue weighted by Crippen LogP contribution is -2.37. The summed E-state index contributed by atoms with van der Waals surface area (Å²) in [6, 6.07) is 10.4. The molecule has 2 aromatic heterocycles. The maximum atomic E-state index is 13.4. The highest BCUT2D eigenvalue weighted by atomic mass is 35.5. The summed E-state index contributed by atoms with van der Waals surface area (Å²) in [5, 5.41) is 24.8. The van der Waals surface area contributed by atoms with Crippen LogP contribution in [-0.2, 0) is 13.1 Å². The summed E-state index contributed by atoms with van der Waals surface area (Å²) in [6.07, 6.45) is -8.91. The van der Waals surface area contributed by atoms with E-state index in [1.165, 1.54) is 54.1 Å². The van der Waals surface area contributed by atoms with Crippen molar-refractivity contribution in [2.45, 2.75) is 38.4 Å². The highest BCUT2D eigenvalue weighted by molar-refractivity contribution is 6.35. The van der Waals surface area contributed by atoms with Crippen molar-refractivity contribution in [3.05, 3.63) is 84.8 Å². The van der Waals surface area contributed by atoms with Gasteiger partial charge in [-0.2, -0.15) is 13.2 Å². The lowest BCUT2D eigenvalue weighted by Gasteiger charge is -2.16. The molecule has 0 amide bonds. The van der Waals surface area contributed by atoms with E-state index in [-0.39, 0.29) is 44.6 Å². The van der Waals surface area contributed by atoms with Gasteiger partial charge in [0.15, 0.2) is 17.8 Å². The Balaban J connectivity index is 1.89. The molecule has 0 fully saturated rings. The van der Waals surface area contributed by atoms with Gasteiger partial charge in [0, 0.05) is 20.6 Å². The van der Waals surface area contributed by atoms with E-state index in [0.717, 1.165) is 9.13 Å². The molecule has 2 N–H and O–H groups in total. The summed E-state index contributed by atoms with van der Waals surface area (Å²) in [4.78, 5) is 17.7. The van der Waals surface area contributed by atoms with Crippen molar-refractivity contribution in [2.75, 3.05) is 0 Å². The van der Waals surface area contributed by atoms with Gasteiger partial charge in [-0.1, -0.05) is 58.5 Å². The quantitative estimate of drug-likeness (QED) is 0.286. The Hall–Kier alpha value is -2.54. The number of rotatable bonds is 7. The molecule has 0 aliphatic heterocycles. The van der Waals surface area contributed by atoms with Crippen LogP contribution < -0.4 is 5.69 Å². The van der Waals surface area contributed by atoms with Crippen LogP contribution in [0.1, 0.15) is 24.7 Å². The summed E-state index contributed by atoms with van der Waals surface area (Å²) < 4.78 is 42.6. The summed E-state index contributed by atoms with van der Waals surface area (Å²) >= 11 is 24.8. The zero-order valence-corrected chi connectivity index (χ0v) is 22.3. The Morgan fingerprint density at radius 2 is 1.55 bits per heavy atom. The molecular weight excluding hydrogens is 593 g/mol. The number of halogens is 7. The molecule has 0 saturated carbocycles. The second kappa shape index (κ2) is 10.9. The number of aliphatic hydroxyl groups excluding tert-OH is 2. The van der Waals surface area contributed by atoms with Crippen LogP contribution in [0.15, 0.2) is 47.3 Å². The normalized spacial score (nSPS) is 13.6. The van der Waals surface area contributed by atoms with Gasteiger partial charge in [0.05, 0.1) is 24.5 Å². The number of aromatic nitrogens is 5. The summed E-state index contributed by atoms with van der Waals surface area (Å²) in [7, 11) is 0. The molecule has 0 bridgehead atoms. The molecule has 2 heterocycles. The molecule has 38 heavy (non-hydrogen) atoms. The number of imidazole rings is 1. The van der Waals surface area contributed by atoms with Crippen molar-refractivity contribution in [1.82, 2.24) is 23.9 Å². The van der Waals surface area contributed by atoms with Crippen LogP contribution >= 0.6 is 46.4 Å². The summed E-state index contributed by atoms with van der Waals surface area (Å²) in [6.45, 7) is -0.0407. The van der Waals surface area contributed by atoms with Crippen LogP contribution in [0.2, 0.25) is 20.2 Å². The van der Waals surface area contributed by atoms with Gasteiger partial charge < -0.3 is 10.2 Å². The molecule has 4 rings (SSSR count).